The Hall–Kier alpha value is -2.18. The highest BCUT2D eigenvalue weighted by molar-refractivity contribution is 7.92. The first-order valence-corrected chi connectivity index (χ1v) is 9.51. The predicted octanol–water partition coefficient (Wildman–Crippen LogP) is 2.31. The van der Waals surface area contributed by atoms with Gasteiger partial charge in [0.25, 0.3) is 0 Å². The average molecular weight is 360 g/mol. The van der Waals surface area contributed by atoms with Crippen molar-refractivity contribution in [1.82, 2.24) is 0 Å². The molecule has 6 heteroatoms. The largest absolute Gasteiger partial charge is 0.481 e. The summed E-state index contributed by atoms with van der Waals surface area (Å²) in [6, 6.07) is 13.4. The minimum Gasteiger partial charge on any atom is -0.481 e. The molecular formula is C19H20O5S. The monoisotopic (exact) mass is 360 g/mol. The zero-order chi connectivity index (χ0) is 18.4. The van der Waals surface area contributed by atoms with Crippen molar-refractivity contribution < 1.29 is 23.4 Å². The smallest absolute Gasteiger partial charge is 0.314 e. The standard InChI is InChI=1S/C19H20O5S/c1-12-3-7-14(8-4-12)16-17(19(16,11-20)18(21)22)25(23,24)15-9-5-13(2)6-10-15/h3-10,16-17,20H,11H2,1-2H3,(H,21,22). The zero-order valence-corrected chi connectivity index (χ0v) is 14.8. The third-order valence-electron chi connectivity index (χ3n) is 5.04. The number of benzene rings is 2. The number of carbonyl (C=O) groups is 1. The fourth-order valence-electron chi connectivity index (χ4n) is 3.49. The van der Waals surface area contributed by atoms with Gasteiger partial charge in [0, 0.05) is 5.92 Å². The predicted molar refractivity (Wildman–Crippen MR) is 93.2 cm³/mol. The third kappa shape index (κ3) is 2.65. The van der Waals surface area contributed by atoms with Crippen LogP contribution in [-0.4, -0.2) is 36.5 Å². The number of aliphatic carboxylic acids is 1. The van der Waals surface area contributed by atoms with Gasteiger partial charge in [-0.1, -0.05) is 47.5 Å². The quantitative estimate of drug-likeness (QED) is 0.854. The van der Waals surface area contributed by atoms with Gasteiger partial charge < -0.3 is 10.2 Å². The van der Waals surface area contributed by atoms with Crippen LogP contribution in [-0.2, 0) is 14.6 Å². The molecule has 2 aromatic rings. The molecule has 2 N–H and O–H groups in total. The van der Waals surface area contributed by atoms with Crippen LogP contribution in [0.15, 0.2) is 53.4 Å². The number of carboxylic acids is 1. The molecule has 3 rings (SSSR count). The number of aryl methyl sites for hydroxylation is 2. The number of hydrogen-bond acceptors (Lipinski definition) is 4. The van der Waals surface area contributed by atoms with Crippen LogP contribution in [0.5, 0.6) is 0 Å². The molecule has 0 aromatic heterocycles. The Morgan fingerprint density at radius 3 is 1.92 bits per heavy atom. The van der Waals surface area contributed by atoms with Crippen LogP contribution in [0.1, 0.15) is 22.6 Å². The number of rotatable bonds is 5. The van der Waals surface area contributed by atoms with Crippen LogP contribution in [0.25, 0.3) is 0 Å². The van der Waals surface area contributed by atoms with E-state index < -0.39 is 39.0 Å². The van der Waals surface area contributed by atoms with Crippen LogP contribution >= 0.6 is 0 Å². The summed E-state index contributed by atoms with van der Waals surface area (Å²) in [6.07, 6.45) is 0. The van der Waals surface area contributed by atoms with Crippen molar-refractivity contribution in [2.24, 2.45) is 5.41 Å². The van der Waals surface area contributed by atoms with E-state index in [0.29, 0.717) is 5.56 Å². The number of aliphatic hydroxyl groups excluding tert-OH is 1. The first-order chi connectivity index (χ1) is 11.7. The first kappa shape index (κ1) is 17.6. The van der Waals surface area contributed by atoms with E-state index in [4.69, 9.17) is 0 Å². The van der Waals surface area contributed by atoms with Gasteiger partial charge in [-0.05, 0) is 31.5 Å². The average Bonchev–Trinajstić information content (AvgIpc) is 3.27. The van der Waals surface area contributed by atoms with Crippen molar-refractivity contribution in [2.75, 3.05) is 6.61 Å². The van der Waals surface area contributed by atoms with Gasteiger partial charge in [0.05, 0.1) is 16.8 Å². The van der Waals surface area contributed by atoms with E-state index in [2.05, 4.69) is 0 Å². The molecule has 1 aliphatic rings. The lowest BCUT2D eigenvalue weighted by atomic mass is 9.99. The summed E-state index contributed by atoms with van der Waals surface area (Å²) in [7, 11) is -3.90. The Kier molecular flexibility index (Phi) is 4.21. The van der Waals surface area contributed by atoms with Gasteiger partial charge in [-0.25, -0.2) is 8.42 Å². The number of hydrogen-bond donors (Lipinski definition) is 2. The van der Waals surface area contributed by atoms with Crippen molar-refractivity contribution in [3.05, 3.63) is 65.2 Å². The lowest BCUT2D eigenvalue weighted by molar-refractivity contribution is -0.145. The molecule has 0 radical (unpaired) electrons. The Morgan fingerprint density at radius 1 is 1.00 bits per heavy atom. The van der Waals surface area contributed by atoms with E-state index in [9.17, 15) is 23.4 Å². The summed E-state index contributed by atoms with van der Waals surface area (Å²) in [5.41, 5.74) is 0.811. The molecule has 0 bridgehead atoms. The fraction of sp³-hybridized carbons (Fsp3) is 0.316. The minimum absolute atomic E-state index is 0.0804. The normalized spacial score (nSPS) is 25.6. The molecule has 1 saturated carbocycles. The molecule has 0 heterocycles. The summed E-state index contributed by atoms with van der Waals surface area (Å²) in [6.45, 7) is 3.02. The van der Waals surface area contributed by atoms with Crippen LogP contribution < -0.4 is 0 Å². The summed E-state index contributed by atoms with van der Waals surface area (Å²) in [4.78, 5) is 12.0. The van der Waals surface area contributed by atoms with Crippen molar-refractivity contribution in [3.8, 4) is 0 Å². The molecule has 5 nitrogen and oxygen atoms in total. The van der Waals surface area contributed by atoms with Crippen LogP contribution in [0.4, 0.5) is 0 Å². The lowest BCUT2D eigenvalue weighted by Crippen LogP contribution is -2.27. The molecule has 25 heavy (non-hydrogen) atoms. The van der Waals surface area contributed by atoms with Gasteiger partial charge in [-0.15, -0.1) is 0 Å². The molecule has 0 aliphatic heterocycles. The molecule has 0 amide bonds. The van der Waals surface area contributed by atoms with Gasteiger partial charge in [-0.3, -0.25) is 4.79 Å². The minimum atomic E-state index is -3.90. The van der Waals surface area contributed by atoms with Crippen LogP contribution in [0.3, 0.4) is 0 Å². The Bertz CT molecular complexity index is 900. The van der Waals surface area contributed by atoms with E-state index >= 15 is 0 Å². The Labute approximate surface area is 146 Å². The molecular weight excluding hydrogens is 340 g/mol. The van der Waals surface area contributed by atoms with E-state index in [-0.39, 0.29) is 4.90 Å². The van der Waals surface area contributed by atoms with E-state index in [1.165, 1.54) is 12.1 Å². The Balaban J connectivity index is 2.10. The molecule has 3 unspecified atom stereocenters. The van der Waals surface area contributed by atoms with Gasteiger partial charge in [0.1, 0.15) is 5.41 Å². The zero-order valence-electron chi connectivity index (χ0n) is 14.0. The SMILES string of the molecule is Cc1ccc(C2C(S(=O)(=O)c3ccc(C)cc3)C2(CO)C(=O)O)cc1. The molecule has 1 fully saturated rings. The highest BCUT2D eigenvalue weighted by Gasteiger charge is 2.75. The molecule has 2 aromatic carbocycles. The summed E-state index contributed by atoms with van der Waals surface area (Å²) in [5, 5.41) is 18.3. The van der Waals surface area contributed by atoms with Gasteiger partial charge in [0.15, 0.2) is 9.84 Å². The van der Waals surface area contributed by atoms with Crippen LogP contribution in [0, 0.1) is 19.3 Å². The number of carboxylic acid groups (broad SMARTS) is 1. The first-order valence-electron chi connectivity index (χ1n) is 7.96. The van der Waals surface area contributed by atoms with Gasteiger partial charge in [-0.2, -0.15) is 0 Å². The van der Waals surface area contributed by atoms with E-state index in [1.54, 1.807) is 24.3 Å². The van der Waals surface area contributed by atoms with E-state index in [0.717, 1.165) is 11.1 Å². The maximum absolute atomic E-state index is 13.1. The summed E-state index contributed by atoms with van der Waals surface area (Å²) < 4.78 is 26.1. The second kappa shape index (κ2) is 5.97. The molecule has 0 spiro atoms. The second-order valence-electron chi connectivity index (χ2n) is 6.67. The summed E-state index contributed by atoms with van der Waals surface area (Å²) >= 11 is 0. The van der Waals surface area contributed by atoms with Crippen molar-refractivity contribution >= 4 is 15.8 Å². The van der Waals surface area contributed by atoms with Gasteiger partial charge in [0.2, 0.25) is 0 Å². The van der Waals surface area contributed by atoms with Crippen molar-refractivity contribution in [2.45, 2.75) is 29.9 Å². The van der Waals surface area contributed by atoms with Crippen molar-refractivity contribution in [1.29, 1.82) is 0 Å². The second-order valence-corrected chi connectivity index (χ2v) is 8.74. The topological polar surface area (TPSA) is 91.7 Å². The number of sulfone groups is 1. The lowest BCUT2D eigenvalue weighted by Gasteiger charge is -2.09. The van der Waals surface area contributed by atoms with Gasteiger partial charge >= 0.3 is 5.97 Å². The highest BCUT2D eigenvalue weighted by Crippen LogP contribution is 2.64. The molecule has 1 aliphatic carbocycles. The fourth-order valence-corrected chi connectivity index (χ4v) is 5.86. The third-order valence-corrected chi connectivity index (χ3v) is 7.33. The van der Waals surface area contributed by atoms with Crippen molar-refractivity contribution in [3.63, 3.8) is 0 Å². The highest BCUT2D eigenvalue weighted by atomic mass is 32.2. The maximum Gasteiger partial charge on any atom is 0.314 e. The summed E-state index contributed by atoms with van der Waals surface area (Å²) in [5.74, 6) is -2.07. The van der Waals surface area contributed by atoms with Crippen LogP contribution in [0.2, 0.25) is 0 Å². The molecule has 3 atom stereocenters. The number of aliphatic hydroxyl groups is 1. The molecule has 132 valence electrons. The molecule has 0 saturated heterocycles. The Morgan fingerprint density at radius 2 is 1.48 bits per heavy atom. The maximum atomic E-state index is 13.1. The van der Waals surface area contributed by atoms with E-state index in [1.807, 2.05) is 26.0 Å².